The Bertz CT molecular complexity index is 768. The smallest absolute Gasteiger partial charge is 0.336 e. The van der Waals surface area contributed by atoms with Gasteiger partial charge in [-0.2, -0.15) is 0 Å². The van der Waals surface area contributed by atoms with E-state index in [1.165, 1.54) is 30.3 Å². The van der Waals surface area contributed by atoms with Gasteiger partial charge in [-0.15, -0.1) is 0 Å². The largest absolute Gasteiger partial charge is 0.508 e. The van der Waals surface area contributed by atoms with Crippen LogP contribution in [0, 0.1) is 0 Å². The van der Waals surface area contributed by atoms with E-state index in [1.54, 1.807) is 19.1 Å². The summed E-state index contributed by atoms with van der Waals surface area (Å²) in [5, 5.41) is 28.8. The molecule has 0 unspecified atom stereocenters. The Labute approximate surface area is 138 Å². The molecule has 0 aliphatic rings. The molecule has 6 heteroatoms. The van der Waals surface area contributed by atoms with E-state index < -0.39 is 5.97 Å². The molecule has 0 aliphatic carbocycles. The SMILES string of the molecule is CCOc1cc(/C=C(\C(=O)O)c2cccc(O)c2)cc(Cl)c1O. The number of rotatable bonds is 5. The Hall–Kier alpha value is -2.66. The minimum atomic E-state index is -1.15. The minimum absolute atomic E-state index is 0.0231. The van der Waals surface area contributed by atoms with Crippen molar-refractivity contribution < 1.29 is 24.9 Å². The van der Waals surface area contributed by atoms with Gasteiger partial charge >= 0.3 is 5.97 Å². The second kappa shape index (κ2) is 7.07. The fourth-order valence-electron chi connectivity index (χ4n) is 2.05. The molecule has 120 valence electrons. The Balaban J connectivity index is 2.54. The summed E-state index contributed by atoms with van der Waals surface area (Å²) in [5.74, 6) is -1.21. The van der Waals surface area contributed by atoms with E-state index in [9.17, 15) is 20.1 Å². The second-order valence-corrected chi connectivity index (χ2v) is 5.10. The van der Waals surface area contributed by atoms with Gasteiger partial charge in [0, 0.05) is 0 Å². The summed E-state index contributed by atoms with van der Waals surface area (Å²) in [7, 11) is 0. The van der Waals surface area contributed by atoms with E-state index >= 15 is 0 Å². The molecule has 2 aromatic carbocycles. The van der Waals surface area contributed by atoms with Crippen molar-refractivity contribution in [3.63, 3.8) is 0 Å². The van der Waals surface area contributed by atoms with Gasteiger partial charge in [0.1, 0.15) is 5.75 Å². The molecule has 0 aliphatic heterocycles. The second-order valence-electron chi connectivity index (χ2n) is 4.70. The Morgan fingerprint density at radius 2 is 2.00 bits per heavy atom. The monoisotopic (exact) mass is 334 g/mol. The van der Waals surface area contributed by atoms with Crippen LogP contribution in [-0.4, -0.2) is 27.9 Å². The highest BCUT2D eigenvalue weighted by Crippen LogP contribution is 2.36. The number of carboxylic acid groups (broad SMARTS) is 1. The third-order valence-electron chi connectivity index (χ3n) is 3.05. The third-order valence-corrected chi connectivity index (χ3v) is 3.34. The molecule has 0 aromatic heterocycles. The van der Waals surface area contributed by atoms with Gasteiger partial charge in [0.2, 0.25) is 0 Å². The molecule has 23 heavy (non-hydrogen) atoms. The lowest BCUT2D eigenvalue weighted by Crippen LogP contribution is -2.00. The van der Waals surface area contributed by atoms with E-state index in [0.717, 1.165) is 0 Å². The molecule has 0 bridgehead atoms. The Morgan fingerprint density at radius 3 is 2.61 bits per heavy atom. The predicted molar refractivity (Wildman–Crippen MR) is 87.9 cm³/mol. The summed E-state index contributed by atoms with van der Waals surface area (Å²) in [4.78, 5) is 11.5. The summed E-state index contributed by atoms with van der Waals surface area (Å²) >= 11 is 5.94. The number of ether oxygens (including phenoxy) is 1. The maximum Gasteiger partial charge on any atom is 0.336 e. The lowest BCUT2D eigenvalue weighted by Gasteiger charge is -2.09. The molecule has 5 nitrogen and oxygen atoms in total. The summed E-state index contributed by atoms with van der Waals surface area (Å²) < 4.78 is 5.27. The van der Waals surface area contributed by atoms with Crippen LogP contribution < -0.4 is 4.74 Å². The van der Waals surface area contributed by atoms with Crippen molar-refractivity contribution in [2.24, 2.45) is 0 Å². The summed E-state index contributed by atoms with van der Waals surface area (Å²) in [5.41, 5.74) is 0.779. The van der Waals surface area contributed by atoms with Crippen LogP contribution in [0.4, 0.5) is 0 Å². The van der Waals surface area contributed by atoms with E-state index in [0.29, 0.717) is 17.7 Å². The van der Waals surface area contributed by atoms with Gasteiger partial charge < -0.3 is 20.1 Å². The van der Waals surface area contributed by atoms with Crippen LogP contribution in [-0.2, 0) is 4.79 Å². The number of benzene rings is 2. The molecule has 0 amide bonds. The van der Waals surface area contributed by atoms with Gasteiger partial charge in [0.05, 0.1) is 17.2 Å². The number of halogens is 1. The van der Waals surface area contributed by atoms with Gasteiger partial charge in [0.15, 0.2) is 11.5 Å². The summed E-state index contributed by atoms with van der Waals surface area (Å²) in [6, 6.07) is 8.86. The molecule has 0 atom stereocenters. The van der Waals surface area contributed by atoms with Crippen LogP contribution in [0.25, 0.3) is 11.6 Å². The average Bonchev–Trinajstić information content (AvgIpc) is 2.49. The summed E-state index contributed by atoms with van der Waals surface area (Å²) in [6.07, 6.45) is 1.39. The maximum atomic E-state index is 11.5. The van der Waals surface area contributed by atoms with Crippen molar-refractivity contribution >= 4 is 29.2 Å². The average molecular weight is 335 g/mol. The quantitative estimate of drug-likeness (QED) is 0.572. The minimum Gasteiger partial charge on any atom is -0.508 e. The van der Waals surface area contributed by atoms with E-state index in [2.05, 4.69) is 0 Å². The number of carbonyl (C=O) groups is 1. The number of hydrogen-bond donors (Lipinski definition) is 3. The molecule has 0 saturated heterocycles. The number of hydrogen-bond acceptors (Lipinski definition) is 4. The Kier molecular flexibility index (Phi) is 5.13. The molecule has 0 fully saturated rings. The molecular formula is C17H15ClO5. The van der Waals surface area contributed by atoms with Crippen molar-refractivity contribution in [2.45, 2.75) is 6.92 Å². The van der Waals surface area contributed by atoms with Crippen molar-refractivity contribution in [3.05, 3.63) is 52.5 Å². The van der Waals surface area contributed by atoms with Crippen molar-refractivity contribution in [3.8, 4) is 17.2 Å². The zero-order chi connectivity index (χ0) is 17.0. The van der Waals surface area contributed by atoms with Crippen molar-refractivity contribution in [2.75, 3.05) is 6.61 Å². The number of aliphatic carboxylic acids is 1. The lowest BCUT2D eigenvalue weighted by atomic mass is 10.0. The predicted octanol–water partition coefficient (Wildman–Crippen LogP) is 3.78. The van der Waals surface area contributed by atoms with Gasteiger partial charge in [0.25, 0.3) is 0 Å². The fourth-order valence-corrected chi connectivity index (χ4v) is 2.27. The Morgan fingerprint density at radius 1 is 1.26 bits per heavy atom. The molecule has 2 rings (SSSR count). The summed E-state index contributed by atoms with van der Waals surface area (Å²) in [6.45, 7) is 2.08. The first-order valence-electron chi connectivity index (χ1n) is 6.82. The van der Waals surface area contributed by atoms with E-state index in [-0.39, 0.29) is 27.8 Å². The fraction of sp³-hybridized carbons (Fsp3) is 0.118. The zero-order valence-corrected chi connectivity index (χ0v) is 13.0. The van der Waals surface area contributed by atoms with Crippen LogP contribution in [0.2, 0.25) is 5.02 Å². The van der Waals surface area contributed by atoms with Crippen molar-refractivity contribution in [1.29, 1.82) is 0 Å². The lowest BCUT2D eigenvalue weighted by molar-refractivity contribution is -0.130. The number of carboxylic acids is 1. The van der Waals surface area contributed by atoms with Crippen LogP contribution in [0.5, 0.6) is 17.2 Å². The topological polar surface area (TPSA) is 87.0 Å². The highest BCUT2D eigenvalue weighted by atomic mass is 35.5. The molecule has 0 radical (unpaired) electrons. The number of aromatic hydroxyl groups is 2. The first-order chi connectivity index (χ1) is 10.9. The molecule has 0 saturated carbocycles. The van der Waals surface area contributed by atoms with Gasteiger partial charge in [-0.05, 0) is 48.4 Å². The van der Waals surface area contributed by atoms with Gasteiger partial charge in [-0.1, -0.05) is 23.7 Å². The highest BCUT2D eigenvalue weighted by molar-refractivity contribution is 6.32. The zero-order valence-electron chi connectivity index (χ0n) is 12.3. The van der Waals surface area contributed by atoms with Crippen LogP contribution in [0.1, 0.15) is 18.1 Å². The standard InChI is InChI=1S/C17H15ClO5/c1-2-23-15-8-10(7-14(18)16(15)20)6-13(17(21)22)11-4-3-5-12(19)9-11/h3-9,19-20H,2H2,1H3,(H,21,22)/b13-6-. The van der Waals surface area contributed by atoms with E-state index in [4.69, 9.17) is 16.3 Å². The van der Waals surface area contributed by atoms with Crippen LogP contribution in [0.15, 0.2) is 36.4 Å². The third kappa shape index (κ3) is 3.96. The molecule has 0 spiro atoms. The first kappa shape index (κ1) is 16.7. The molecular weight excluding hydrogens is 320 g/mol. The molecule has 0 heterocycles. The first-order valence-corrected chi connectivity index (χ1v) is 7.20. The van der Waals surface area contributed by atoms with Gasteiger partial charge in [-0.3, -0.25) is 0 Å². The maximum absolute atomic E-state index is 11.5. The van der Waals surface area contributed by atoms with E-state index in [1.807, 2.05) is 0 Å². The molecule has 2 aromatic rings. The normalized spacial score (nSPS) is 11.3. The number of phenols is 2. The van der Waals surface area contributed by atoms with Crippen LogP contribution in [0.3, 0.4) is 0 Å². The molecule has 3 N–H and O–H groups in total. The highest BCUT2D eigenvalue weighted by Gasteiger charge is 2.14. The van der Waals surface area contributed by atoms with Gasteiger partial charge in [-0.25, -0.2) is 4.79 Å². The number of phenolic OH excluding ortho intramolecular Hbond substituents is 2. The van der Waals surface area contributed by atoms with Crippen molar-refractivity contribution in [1.82, 2.24) is 0 Å². The van der Waals surface area contributed by atoms with Crippen LogP contribution >= 0.6 is 11.6 Å².